The number of benzene rings is 2. The molecule has 0 radical (unpaired) electrons. The highest BCUT2D eigenvalue weighted by Gasteiger charge is 2.06. The first-order valence-electron chi connectivity index (χ1n) is 7.11. The molecule has 0 unspecified atom stereocenters. The Morgan fingerprint density at radius 2 is 1.81 bits per heavy atom. The summed E-state index contributed by atoms with van der Waals surface area (Å²) < 4.78 is 11.2. The van der Waals surface area contributed by atoms with Crippen molar-refractivity contribution < 1.29 is 9.47 Å². The first kappa shape index (κ1) is 15.5. The molecule has 112 valence electrons. The molecule has 0 heterocycles. The molecule has 0 amide bonds. The zero-order chi connectivity index (χ0) is 15.1. The number of hydrogen-bond acceptors (Lipinski definition) is 3. The van der Waals surface area contributed by atoms with Crippen LogP contribution in [-0.2, 0) is 6.54 Å². The Bertz CT molecular complexity index is 587. The molecule has 0 saturated heterocycles. The summed E-state index contributed by atoms with van der Waals surface area (Å²) in [5.41, 5.74) is 2.04. The van der Waals surface area contributed by atoms with Gasteiger partial charge in [-0.15, -0.1) is 0 Å². The molecule has 2 rings (SSSR count). The van der Waals surface area contributed by atoms with Gasteiger partial charge >= 0.3 is 0 Å². The molecule has 2 aromatic carbocycles. The molecule has 0 saturated carbocycles. The van der Waals surface area contributed by atoms with Gasteiger partial charge in [-0.2, -0.15) is 0 Å². The second-order valence-corrected chi connectivity index (χ2v) is 4.94. The fourth-order valence-electron chi connectivity index (χ4n) is 2.03. The van der Waals surface area contributed by atoms with Gasteiger partial charge in [0.15, 0.2) is 0 Å². The van der Waals surface area contributed by atoms with Crippen LogP contribution >= 0.6 is 11.6 Å². The third-order valence-electron chi connectivity index (χ3n) is 2.93. The molecule has 0 bridgehead atoms. The van der Waals surface area contributed by atoms with Gasteiger partial charge in [-0.25, -0.2) is 0 Å². The van der Waals surface area contributed by atoms with Crippen molar-refractivity contribution in [3.63, 3.8) is 0 Å². The first-order valence-corrected chi connectivity index (χ1v) is 7.48. The molecule has 4 heteroatoms. The standard InChI is InChI=1S/C17H20ClNO2/c1-3-20-15-8-9-17(21-4-2)16(11-15)19-12-13-6-5-7-14(18)10-13/h5-11,19H,3-4,12H2,1-2H3. The van der Waals surface area contributed by atoms with Crippen LogP contribution in [0.4, 0.5) is 5.69 Å². The van der Waals surface area contributed by atoms with Crippen molar-refractivity contribution >= 4 is 17.3 Å². The van der Waals surface area contributed by atoms with Crippen molar-refractivity contribution in [2.24, 2.45) is 0 Å². The van der Waals surface area contributed by atoms with Crippen LogP contribution in [0.3, 0.4) is 0 Å². The second-order valence-electron chi connectivity index (χ2n) is 4.51. The average molecular weight is 306 g/mol. The van der Waals surface area contributed by atoms with Crippen LogP contribution < -0.4 is 14.8 Å². The molecule has 0 aliphatic rings. The fourth-order valence-corrected chi connectivity index (χ4v) is 2.24. The predicted octanol–water partition coefficient (Wildman–Crippen LogP) is 4.75. The molecule has 2 aromatic rings. The number of halogens is 1. The maximum atomic E-state index is 6.00. The van der Waals surface area contributed by atoms with Gasteiger partial charge in [-0.1, -0.05) is 23.7 Å². The third kappa shape index (κ3) is 4.57. The minimum absolute atomic E-state index is 0.625. The van der Waals surface area contributed by atoms with Gasteiger partial charge in [0.2, 0.25) is 0 Å². The van der Waals surface area contributed by atoms with E-state index in [1.54, 1.807) is 0 Å². The van der Waals surface area contributed by atoms with Crippen molar-refractivity contribution in [1.29, 1.82) is 0 Å². The van der Waals surface area contributed by atoms with Gasteiger partial charge in [0.1, 0.15) is 11.5 Å². The summed E-state index contributed by atoms with van der Waals surface area (Å²) in [7, 11) is 0. The van der Waals surface area contributed by atoms with Crippen LogP contribution in [0.2, 0.25) is 5.02 Å². The predicted molar refractivity (Wildman–Crippen MR) is 87.6 cm³/mol. The van der Waals surface area contributed by atoms with E-state index >= 15 is 0 Å². The van der Waals surface area contributed by atoms with Crippen molar-refractivity contribution in [2.45, 2.75) is 20.4 Å². The lowest BCUT2D eigenvalue weighted by atomic mass is 10.2. The number of nitrogens with one attached hydrogen (secondary N) is 1. The topological polar surface area (TPSA) is 30.5 Å². The molecule has 0 atom stereocenters. The van der Waals surface area contributed by atoms with Crippen molar-refractivity contribution in [2.75, 3.05) is 18.5 Å². The van der Waals surface area contributed by atoms with Crippen LogP contribution in [0.25, 0.3) is 0 Å². The molecule has 0 aliphatic carbocycles. The molecule has 21 heavy (non-hydrogen) atoms. The fraction of sp³-hybridized carbons (Fsp3) is 0.294. The van der Waals surface area contributed by atoms with Gasteiger partial charge in [0.25, 0.3) is 0 Å². The Hall–Kier alpha value is -1.87. The number of anilines is 1. The summed E-state index contributed by atoms with van der Waals surface area (Å²) in [4.78, 5) is 0. The Morgan fingerprint density at radius 3 is 2.52 bits per heavy atom. The van der Waals surface area contributed by atoms with E-state index < -0.39 is 0 Å². The number of rotatable bonds is 7. The SMILES string of the molecule is CCOc1ccc(OCC)c(NCc2cccc(Cl)c2)c1. The Labute approximate surface area is 130 Å². The molecule has 1 N–H and O–H groups in total. The lowest BCUT2D eigenvalue weighted by Crippen LogP contribution is -2.03. The zero-order valence-electron chi connectivity index (χ0n) is 12.4. The molecular formula is C17H20ClNO2. The van der Waals surface area contributed by atoms with E-state index in [1.165, 1.54) is 0 Å². The van der Waals surface area contributed by atoms with Crippen molar-refractivity contribution in [1.82, 2.24) is 0 Å². The van der Waals surface area contributed by atoms with E-state index in [9.17, 15) is 0 Å². The van der Waals surface area contributed by atoms with Gasteiger partial charge < -0.3 is 14.8 Å². The van der Waals surface area contributed by atoms with E-state index in [1.807, 2.05) is 56.3 Å². The van der Waals surface area contributed by atoms with Gasteiger partial charge in [-0.3, -0.25) is 0 Å². The minimum Gasteiger partial charge on any atom is -0.494 e. The van der Waals surface area contributed by atoms with E-state index in [0.29, 0.717) is 19.8 Å². The molecule has 0 aliphatic heterocycles. The maximum absolute atomic E-state index is 6.00. The van der Waals surface area contributed by atoms with E-state index in [-0.39, 0.29) is 0 Å². The van der Waals surface area contributed by atoms with E-state index in [0.717, 1.165) is 27.8 Å². The Morgan fingerprint density at radius 1 is 1.00 bits per heavy atom. The summed E-state index contributed by atoms with van der Waals surface area (Å²) in [6.45, 7) is 5.88. The van der Waals surface area contributed by atoms with Crippen LogP contribution in [0, 0.1) is 0 Å². The normalized spacial score (nSPS) is 10.2. The lowest BCUT2D eigenvalue weighted by Gasteiger charge is -2.14. The lowest BCUT2D eigenvalue weighted by molar-refractivity contribution is 0.332. The first-order chi connectivity index (χ1) is 10.2. The second kappa shape index (κ2) is 7.79. The minimum atomic E-state index is 0.625. The van der Waals surface area contributed by atoms with Gasteiger partial charge in [-0.05, 0) is 43.7 Å². The van der Waals surface area contributed by atoms with Gasteiger partial charge in [0, 0.05) is 17.6 Å². The monoisotopic (exact) mass is 305 g/mol. The highest BCUT2D eigenvalue weighted by Crippen LogP contribution is 2.30. The average Bonchev–Trinajstić information content (AvgIpc) is 2.48. The molecular weight excluding hydrogens is 286 g/mol. The molecule has 0 aromatic heterocycles. The van der Waals surface area contributed by atoms with Crippen LogP contribution in [0.1, 0.15) is 19.4 Å². The molecule has 3 nitrogen and oxygen atoms in total. The third-order valence-corrected chi connectivity index (χ3v) is 3.17. The summed E-state index contributed by atoms with van der Waals surface area (Å²) in [5.74, 6) is 1.65. The van der Waals surface area contributed by atoms with Crippen molar-refractivity contribution in [3.05, 3.63) is 53.1 Å². The van der Waals surface area contributed by atoms with E-state index in [2.05, 4.69) is 5.32 Å². The summed E-state index contributed by atoms with van der Waals surface area (Å²) in [6, 6.07) is 13.6. The van der Waals surface area contributed by atoms with Crippen molar-refractivity contribution in [3.8, 4) is 11.5 Å². The van der Waals surface area contributed by atoms with Gasteiger partial charge in [0.05, 0.1) is 18.9 Å². The number of hydrogen-bond donors (Lipinski definition) is 1. The zero-order valence-corrected chi connectivity index (χ0v) is 13.1. The number of ether oxygens (including phenoxy) is 2. The Kier molecular flexibility index (Phi) is 5.76. The molecule has 0 spiro atoms. The molecule has 0 fully saturated rings. The summed E-state index contributed by atoms with van der Waals surface area (Å²) >= 11 is 6.00. The smallest absolute Gasteiger partial charge is 0.142 e. The summed E-state index contributed by atoms with van der Waals surface area (Å²) in [5, 5.41) is 4.12. The maximum Gasteiger partial charge on any atom is 0.142 e. The van der Waals surface area contributed by atoms with E-state index in [4.69, 9.17) is 21.1 Å². The Balaban J connectivity index is 2.14. The van der Waals surface area contributed by atoms with Crippen LogP contribution in [0.15, 0.2) is 42.5 Å². The van der Waals surface area contributed by atoms with Crippen LogP contribution in [-0.4, -0.2) is 13.2 Å². The quantitative estimate of drug-likeness (QED) is 0.800. The highest BCUT2D eigenvalue weighted by atomic mass is 35.5. The highest BCUT2D eigenvalue weighted by molar-refractivity contribution is 6.30. The summed E-state index contributed by atoms with van der Waals surface area (Å²) in [6.07, 6.45) is 0. The largest absolute Gasteiger partial charge is 0.494 e. The van der Waals surface area contributed by atoms with Crippen LogP contribution in [0.5, 0.6) is 11.5 Å².